The summed E-state index contributed by atoms with van der Waals surface area (Å²) in [5.74, 6) is 0.448. The average Bonchev–Trinajstić information content (AvgIpc) is 2.51. The van der Waals surface area contributed by atoms with Gasteiger partial charge in [-0.15, -0.1) is 0 Å². The van der Waals surface area contributed by atoms with Crippen LogP contribution in [0.25, 0.3) is 0 Å². The zero-order valence-corrected chi connectivity index (χ0v) is 13.6. The van der Waals surface area contributed by atoms with Crippen LogP contribution in [0.2, 0.25) is 0 Å². The second kappa shape index (κ2) is 7.35. The number of allylic oxidation sites excluding steroid dienone is 1. The van der Waals surface area contributed by atoms with Gasteiger partial charge in [0.2, 0.25) is 0 Å². The van der Waals surface area contributed by atoms with Crippen LogP contribution in [0.1, 0.15) is 30.7 Å². The predicted octanol–water partition coefficient (Wildman–Crippen LogP) is 3.16. The van der Waals surface area contributed by atoms with E-state index in [4.69, 9.17) is 0 Å². The van der Waals surface area contributed by atoms with Gasteiger partial charge in [0.25, 0.3) is 0 Å². The van der Waals surface area contributed by atoms with E-state index in [1.54, 1.807) is 6.20 Å². The SMILES string of the molecule is CCc1ccnc(CC)c1CSC1=N[C@@H](O)C=C(C(F)(F)F)N1. The van der Waals surface area contributed by atoms with E-state index in [0.29, 0.717) is 11.8 Å². The summed E-state index contributed by atoms with van der Waals surface area (Å²) in [6.07, 6.45) is -2.05. The Hall–Kier alpha value is -1.54. The van der Waals surface area contributed by atoms with Gasteiger partial charge in [-0.2, -0.15) is 13.2 Å². The number of rotatable bonds is 4. The first-order valence-corrected chi connectivity index (χ1v) is 8.24. The minimum Gasteiger partial charge on any atom is -0.368 e. The highest BCUT2D eigenvalue weighted by molar-refractivity contribution is 8.13. The second-order valence-corrected chi connectivity index (χ2v) is 5.91. The van der Waals surface area contributed by atoms with Crippen LogP contribution >= 0.6 is 11.8 Å². The quantitative estimate of drug-likeness (QED) is 0.880. The number of aryl methyl sites for hydroxylation is 2. The highest BCUT2D eigenvalue weighted by atomic mass is 32.2. The lowest BCUT2D eigenvalue weighted by molar-refractivity contribution is -0.0960. The first-order chi connectivity index (χ1) is 10.8. The molecule has 1 atom stereocenters. The molecule has 1 aliphatic heterocycles. The third-order valence-electron chi connectivity index (χ3n) is 3.42. The van der Waals surface area contributed by atoms with Gasteiger partial charge < -0.3 is 10.4 Å². The van der Waals surface area contributed by atoms with Gasteiger partial charge in [-0.05, 0) is 36.1 Å². The molecular formula is C15H18F3N3OS. The van der Waals surface area contributed by atoms with E-state index in [1.165, 1.54) is 0 Å². The maximum atomic E-state index is 12.8. The summed E-state index contributed by atoms with van der Waals surface area (Å²) in [4.78, 5) is 8.12. The van der Waals surface area contributed by atoms with Crippen LogP contribution in [0, 0.1) is 0 Å². The Morgan fingerprint density at radius 1 is 1.30 bits per heavy atom. The summed E-state index contributed by atoms with van der Waals surface area (Å²) >= 11 is 1.13. The largest absolute Gasteiger partial charge is 0.431 e. The molecule has 4 nitrogen and oxygen atoms in total. The number of aromatic nitrogens is 1. The summed E-state index contributed by atoms with van der Waals surface area (Å²) in [6.45, 7) is 4.01. The van der Waals surface area contributed by atoms with Crippen molar-refractivity contribution in [2.45, 2.75) is 44.8 Å². The van der Waals surface area contributed by atoms with Crippen LogP contribution in [0.4, 0.5) is 13.2 Å². The Kier molecular flexibility index (Phi) is 5.69. The van der Waals surface area contributed by atoms with Crippen molar-refractivity contribution in [3.63, 3.8) is 0 Å². The van der Waals surface area contributed by atoms with E-state index >= 15 is 0 Å². The minimum absolute atomic E-state index is 0.0558. The molecule has 0 amide bonds. The molecule has 0 aromatic carbocycles. The molecule has 0 fully saturated rings. The standard InChI is InChI=1S/C15H18F3N3OS/c1-3-9-5-6-19-11(4-2)10(9)8-23-14-20-12(15(16,17)18)7-13(22)21-14/h5-7,13,22H,3-4,8H2,1-2H3,(H,20,21)/t13-/m0/s1. The molecule has 126 valence electrons. The lowest BCUT2D eigenvalue weighted by Gasteiger charge is -2.21. The van der Waals surface area contributed by atoms with E-state index < -0.39 is 18.1 Å². The topological polar surface area (TPSA) is 57.5 Å². The number of aliphatic hydroxyl groups excluding tert-OH is 1. The zero-order valence-electron chi connectivity index (χ0n) is 12.8. The van der Waals surface area contributed by atoms with Crippen molar-refractivity contribution in [1.29, 1.82) is 0 Å². The van der Waals surface area contributed by atoms with Gasteiger partial charge in [-0.3, -0.25) is 4.98 Å². The molecule has 0 radical (unpaired) electrons. The smallest absolute Gasteiger partial charge is 0.368 e. The molecule has 0 saturated heterocycles. The van der Waals surface area contributed by atoms with Crippen molar-refractivity contribution in [2.75, 3.05) is 0 Å². The van der Waals surface area contributed by atoms with Crippen molar-refractivity contribution in [1.82, 2.24) is 10.3 Å². The number of aliphatic imine (C=N–C) groups is 1. The summed E-state index contributed by atoms with van der Waals surface area (Å²) < 4.78 is 38.3. The molecule has 0 saturated carbocycles. The number of nitrogens with zero attached hydrogens (tertiary/aromatic N) is 2. The maximum absolute atomic E-state index is 12.8. The maximum Gasteiger partial charge on any atom is 0.431 e. The number of halogens is 3. The normalized spacial score (nSPS) is 18.3. The molecule has 1 aliphatic rings. The molecule has 1 aromatic heterocycles. The molecule has 2 N–H and O–H groups in total. The van der Waals surface area contributed by atoms with Crippen molar-refractivity contribution in [3.8, 4) is 0 Å². The summed E-state index contributed by atoms with van der Waals surface area (Å²) in [5.41, 5.74) is 2.08. The van der Waals surface area contributed by atoms with E-state index in [9.17, 15) is 18.3 Å². The van der Waals surface area contributed by atoms with Crippen LogP contribution < -0.4 is 5.32 Å². The Balaban J connectivity index is 2.13. The first-order valence-electron chi connectivity index (χ1n) is 7.25. The van der Waals surface area contributed by atoms with Crippen LogP contribution in [-0.2, 0) is 18.6 Å². The van der Waals surface area contributed by atoms with Gasteiger partial charge in [0.05, 0.1) is 0 Å². The molecule has 2 rings (SSSR count). The van der Waals surface area contributed by atoms with Gasteiger partial charge in [0.15, 0.2) is 11.4 Å². The number of hydrogen-bond acceptors (Lipinski definition) is 5. The van der Waals surface area contributed by atoms with Gasteiger partial charge >= 0.3 is 6.18 Å². The van der Waals surface area contributed by atoms with Gasteiger partial charge in [0, 0.05) is 17.6 Å². The summed E-state index contributed by atoms with van der Waals surface area (Å²) in [5, 5.41) is 11.8. The van der Waals surface area contributed by atoms with Crippen LogP contribution in [-0.4, -0.2) is 27.7 Å². The average molecular weight is 345 g/mol. The van der Waals surface area contributed by atoms with Gasteiger partial charge in [-0.1, -0.05) is 25.6 Å². The fourth-order valence-electron chi connectivity index (χ4n) is 2.27. The third kappa shape index (κ3) is 4.48. The highest BCUT2D eigenvalue weighted by Gasteiger charge is 2.36. The van der Waals surface area contributed by atoms with E-state index in [1.807, 2.05) is 19.9 Å². The van der Waals surface area contributed by atoms with Crippen LogP contribution in [0.5, 0.6) is 0 Å². The van der Waals surface area contributed by atoms with Crippen LogP contribution in [0.3, 0.4) is 0 Å². The van der Waals surface area contributed by atoms with Crippen molar-refractivity contribution < 1.29 is 18.3 Å². The number of amidine groups is 1. The van der Waals surface area contributed by atoms with E-state index in [0.717, 1.165) is 41.4 Å². The molecule has 0 bridgehead atoms. The van der Waals surface area contributed by atoms with Crippen molar-refractivity contribution >= 4 is 16.9 Å². The molecule has 1 aromatic rings. The Labute approximate surface area is 136 Å². The Bertz CT molecular complexity index is 607. The van der Waals surface area contributed by atoms with Crippen LogP contribution in [0.15, 0.2) is 29.0 Å². The monoisotopic (exact) mass is 345 g/mol. The summed E-state index contributed by atoms with van der Waals surface area (Å²) in [7, 11) is 0. The number of aliphatic hydroxyl groups is 1. The molecular weight excluding hydrogens is 327 g/mol. The number of alkyl halides is 3. The van der Waals surface area contributed by atoms with Gasteiger partial charge in [-0.25, -0.2) is 4.99 Å². The molecule has 2 heterocycles. The number of thioether (sulfide) groups is 1. The lowest BCUT2D eigenvalue weighted by atomic mass is 10.0. The lowest BCUT2D eigenvalue weighted by Crippen LogP contribution is -2.35. The minimum atomic E-state index is -4.54. The zero-order chi connectivity index (χ0) is 17.0. The third-order valence-corrected chi connectivity index (χ3v) is 4.34. The van der Waals surface area contributed by atoms with E-state index in [2.05, 4.69) is 15.3 Å². The predicted molar refractivity (Wildman–Crippen MR) is 85.0 cm³/mol. The molecule has 8 heteroatoms. The van der Waals surface area contributed by atoms with Crippen molar-refractivity contribution in [2.24, 2.45) is 4.99 Å². The summed E-state index contributed by atoms with van der Waals surface area (Å²) in [6, 6.07) is 1.92. The van der Waals surface area contributed by atoms with Crippen molar-refractivity contribution in [3.05, 3.63) is 40.9 Å². The molecule has 0 unspecified atom stereocenters. The Morgan fingerprint density at radius 3 is 2.65 bits per heavy atom. The number of nitrogens with one attached hydrogen (secondary N) is 1. The second-order valence-electron chi connectivity index (χ2n) is 4.94. The van der Waals surface area contributed by atoms with E-state index in [-0.39, 0.29) is 5.17 Å². The molecule has 23 heavy (non-hydrogen) atoms. The van der Waals surface area contributed by atoms with Gasteiger partial charge in [0.1, 0.15) is 5.70 Å². The number of hydrogen-bond donors (Lipinski definition) is 2. The fraction of sp³-hybridized carbons (Fsp3) is 0.467. The Morgan fingerprint density at radius 2 is 2.04 bits per heavy atom. The molecule has 0 aliphatic carbocycles. The number of pyridine rings is 1. The fourth-order valence-corrected chi connectivity index (χ4v) is 3.27. The highest BCUT2D eigenvalue weighted by Crippen LogP contribution is 2.28. The molecule has 0 spiro atoms. The first kappa shape index (κ1) is 17.8.